The van der Waals surface area contributed by atoms with Crippen LogP contribution in [-0.2, 0) is 19.6 Å². The first-order valence-corrected chi connectivity index (χ1v) is 12.5. The van der Waals surface area contributed by atoms with Gasteiger partial charge in [0.15, 0.2) is 11.7 Å². The highest BCUT2D eigenvalue weighted by Gasteiger charge is 2.26. The standard InChI is InChI=1S/C22H23N3O5S2/c1-15-8-9-18-19(12-15)31-22(23-18)24-20(26)14-30-21(27)16-6-5-7-17(13-16)32(28,29)25-10-3-2-4-11-25/h5-9,12-13H,2-4,10-11,14H2,1H3,(H,23,24,26). The number of ether oxygens (including phenoxy) is 1. The lowest BCUT2D eigenvalue weighted by atomic mass is 10.2. The molecule has 8 nitrogen and oxygen atoms in total. The highest BCUT2D eigenvalue weighted by atomic mass is 32.2. The number of aromatic nitrogens is 1. The van der Waals surface area contributed by atoms with Gasteiger partial charge in [-0.2, -0.15) is 4.31 Å². The first-order valence-electron chi connectivity index (χ1n) is 10.3. The summed E-state index contributed by atoms with van der Waals surface area (Å²) >= 11 is 1.33. The van der Waals surface area contributed by atoms with E-state index >= 15 is 0 Å². The Balaban J connectivity index is 1.38. The van der Waals surface area contributed by atoms with Crippen LogP contribution in [0.2, 0.25) is 0 Å². The molecule has 1 aliphatic rings. The van der Waals surface area contributed by atoms with Crippen LogP contribution in [-0.4, -0.2) is 49.3 Å². The van der Waals surface area contributed by atoms with Crippen molar-refractivity contribution >= 4 is 48.6 Å². The Labute approximate surface area is 190 Å². The Hall–Kier alpha value is -2.82. The van der Waals surface area contributed by atoms with E-state index in [4.69, 9.17) is 4.74 Å². The number of esters is 1. The molecule has 4 rings (SSSR count). The lowest BCUT2D eigenvalue weighted by Gasteiger charge is -2.25. The number of carbonyl (C=O) groups is 2. The summed E-state index contributed by atoms with van der Waals surface area (Å²) in [6, 6.07) is 11.5. The number of nitrogens with zero attached hydrogens (tertiary/aromatic N) is 2. The van der Waals surface area contributed by atoms with E-state index in [-0.39, 0.29) is 10.5 Å². The maximum atomic E-state index is 12.8. The minimum atomic E-state index is -3.67. The van der Waals surface area contributed by atoms with Gasteiger partial charge in [-0.1, -0.05) is 29.9 Å². The van der Waals surface area contributed by atoms with Gasteiger partial charge in [-0.15, -0.1) is 0 Å². The van der Waals surface area contributed by atoms with Crippen molar-refractivity contribution in [3.05, 3.63) is 53.6 Å². The van der Waals surface area contributed by atoms with Gasteiger partial charge in [0.1, 0.15) is 0 Å². The molecule has 1 N–H and O–H groups in total. The van der Waals surface area contributed by atoms with E-state index in [9.17, 15) is 18.0 Å². The molecular weight excluding hydrogens is 450 g/mol. The summed E-state index contributed by atoms with van der Waals surface area (Å²) in [6.45, 7) is 2.42. The normalized spacial score (nSPS) is 14.9. The summed E-state index contributed by atoms with van der Waals surface area (Å²) in [5, 5.41) is 3.04. The van der Waals surface area contributed by atoms with Crippen LogP contribution in [0.25, 0.3) is 10.2 Å². The zero-order valence-electron chi connectivity index (χ0n) is 17.5. The van der Waals surface area contributed by atoms with Gasteiger partial charge in [0.2, 0.25) is 10.0 Å². The number of hydrogen-bond donors (Lipinski definition) is 1. The Kier molecular flexibility index (Phi) is 6.54. The molecule has 0 atom stereocenters. The first-order chi connectivity index (χ1) is 15.3. The molecule has 2 aromatic carbocycles. The maximum Gasteiger partial charge on any atom is 0.338 e. The smallest absolute Gasteiger partial charge is 0.338 e. The third-order valence-corrected chi connectivity index (χ3v) is 7.98. The second-order valence-corrected chi connectivity index (χ2v) is 10.6. The van der Waals surface area contributed by atoms with E-state index in [0.29, 0.717) is 18.2 Å². The molecule has 168 valence electrons. The van der Waals surface area contributed by atoms with Gasteiger partial charge in [0.25, 0.3) is 5.91 Å². The number of benzene rings is 2. The summed E-state index contributed by atoms with van der Waals surface area (Å²) in [6.07, 6.45) is 2.66. The topological polar surface area (TPSA) is 106 Å². The molecule has 10 heteroatoms. The average molecular weight is 474 g/mol. The van der Waals surface area contributed by atoms with Crippen molar-refractivity contribution in [2.45, 2.75) is 31.1 Å². The van der Waals surface area contributed by atoms with E-state index < -0.39 is 28.5 Å². The Bertz CT molecular complexity index is 1260. The summed E-state index contributed by atoms with van der Waals surface area (Å²) in [5.74, 6) is -1.29. The molecule has 0 spiro atoms. The SMILES string of the molecule is Cc1ccc2nc(NC(=O)COC(=O)c3cccc(S(=O)(=O)N4CCCCC4)c3)sc2c1. The Morgan fingerprint density at radius 3 is 2.69 bits per heavy atom. The Morgan fingerprint density at radius 1 is 1.12 bits per heavy atom. The summed E-state index contributed by atoms with van der Waals surface area (Å²) in [4.78, 5) is 29.0. The number of rotatable bonds is 6. The van der Waals surface area contributed by atoms with Gasteiger partial charge in [-0.05, 0) is 55.7 Å². The van der Waals surface area contributed by atoms with Crippen LogP contribution < -0.4 is 5.32 Å². The van der Waals surface area contributed by atoms with Gasteiger partial charge in [-0.25, -0.2) is 18.2 Å². The van der Waals surface area contributed by atoms with E-state index in [2.05, 4.69) is 10.3 Å². The molecule has 32 heavy (non-hydrogen) atoms. The van der Waals surface area contributed by atoms with E-state index in [1.807, 2.05) is 25.1 Å². The van der Waals surface area contributed by atoms with Crippen LogP contribution in [0.15, 0.2) is 47.4 Å². The van der Waals surface area contributed by atoms with Gasteiger partial charge in [0, 0.05) is 13.1 Å². The summed E-state index contributed by atoms with van der Waals surface area (Å²) in [5.41, 5.74) is 1.95. The number of amides is 1. The third-order valence-electron chi connectivity index (χ3n) is 5.15. The van der Waals surface area contributed by atoms with Crippen LogP contribution in [0.3, 0.4) is 0 Å². The van der Waals surface area contributed by atoms with Gasteiger partial charge in [0.05, 0.1) is 20.7 Å². The molecule has 1 saturated heterocycles. The van der Waals surface area contributed by atoms with Crippen LogP contribution in [0.5, 0.6) is 0 Å². The quantitative estimate of drug-likeness (QED) is 0.549. The van der Waals surface area contributed by atoms with E-state index in [1.54, 1.807) is 0 Å². The highest BCUT2D eigenvalue weighted by Crippen LogP contribution is 2.26. The van der Waals surface area contributed by atoms with Crippen LogP contribution in [0, 0.1) is 6.92 Å². The molecule has 1 aromatic heterocycles. The van der Waals surface area contributed by atoms with Crippen molar-refractivity contribution in [1.82, 2.24) is 9.29 Å². The molecule has 0 unspecified atom stereocenters. The summed E-state index contributed by atoms with van der Waals surface area (Å²) < 4.78 is 33.1. The molecular formula is C22H23N3O5S2. The minimum Gasteiger partial charge on any atom is -0.452 e. The highest BCUT2D eigenvalue weighted by molar-refractivity contribution is 7.89. The maximum absolute atomic E-state index is 12.8. The summed E-state index contributed by atoms with van der Waals surface area (Å²) in [7, 11) is -3.67. The number of nitrogens with one attached hydrogen (secondary N) is 1. The zero-order chi connectivity index (χ0) is 22.7. The van der Waals surface area contributed by atoms with Gasteiger partial charge in [-0.3, -0.25) is 10.1 Å². The second-order valence-electron chi connectivity index (χ2n) is 7.61. The van der Waals surface area contributed by atoms with Crippen LogP contribution >= 0.6 is 11.3 Å². The predicted octanol–water partition coefficient (Wildman–Crippen LogP) is 3.57. The molecule has 0 radical (unpaired) electrons. The molecule has 1 amide bonds. The predicted molar refractivity (Wildman–Crippen MR) is 122 cm³/mol. The molecule has 1 aliphatic heterocycles. The fourth-order valence-electron chi connectivity index (χ4n) is 3.49. The number of carbonyl (C=O) groups excluding carboxylic acids is 2. The fourth-order valence-corrected chi connectivity index (χ4v) is 6.04. The van der Waals surface area contributed by atoms with Crippen molar-refractivity contribution in [1.29, 1.82) is 0 Å². The number of fused-ring (bicyclic) bond motifs is 1. The van der Waals surface area contributed by atoms with Crippen molar-refractivity contribution in [2.75, 3.05) is 25.0 Å². The Morgan fingerprint density at radius 2 is 1.91 bits per heavy atom. The number of piperidine rings is 1. The molecule has 0 aliphatic carbocycles. The van der Waals surface area contributed by atoms with Gasteiger partial charge < -0.3 is 4.74 Å². The zero-order valence-corrected chi connectivity index (χ0v) is 19.2. The molecule has 3 aromatic rings. The second kappa shape index (κ2) is 9.35. The average Bonchev–Trinajstić information content (AvgIpc) is 3.19. The van der Waals surface area contributed by atoms with Crippen LogP contribution in [0.4, 0.5) is 5.13 Å². The van der Waals surface area contributed by atoms with Crippen molar-refractivity contribution in [3.63, 3.8) is 0 Å². The molecule has 0 saturated carbocycles. The lowest BCUT2D eigenvalue weighted by Crippen LogP contribution is -2.35. The first kappa shape index (κ1) is 22.4. The largest absolute Gasteiger partial charge is 0.452 e. The minimum absolute atomic E-state index is 0.0445. The number of hydrogen-bond acceptors (Lipinski definition) is 7. The molecule has 2 heterocycles. The third kappa shape index (κ3) is 4.98. The van der Waals surface area contributed by atoms with Gasteiger partial charge >= 0.3 is 5.97 Å². The lowest BCUT2D eigenvalue weighted by molar-refractivity contribution is -0.119. The van der Waals surface area contributed by atoms with Crippen molar-refractivity contribution in [2.24, 2.45) is 0 Å². The number of thiazole rings is 1. The van der Waals surface area contributed by atoms with Crippen molar-refractivity contribution in [3.8, 4) is 0 Å². The van der Waals surface area contributed by atoms with Crippen molar-refractivity contribution < 1.29 is 22.7 Å². The number of anilines is 1. The van der Waals surface area contributed by atoms with E-state index in [1.165, 1.54) is 39.9 Å². The molecule has 0 bridgehead atoms. The van der Waals surface area contributed by atoms with E-state index in [0.717, 1.165) is 35.0 Å². The number of aryl methyl sites for hydroxylation is 1. The molecule has 1 fully saturated rings. The monoisotopic (exact) mass is 473 g/mol. The van der Waals surface area contributed by atoms with Crippen LogP contribution in [0.1, 0.15) is 35.2 Å². The number of sulfonamides is 1. The fraction of sp³-hybridized carbons (Fsp3) is 0.318.